The summed E-state index contributed by atoms with van der Waals surface area (Å²) in [5.41, 5.74) is 1.16. The number of amides is 4. The van der Waals surface area contributed by atoms with Crippen molar-refractivity contribution in [3.8, 4) is 0 Å². The Hall–Kier alpha value is -5.07. The summed E-state index contributed by atoms with van der Waals surface area (Å²) in [5, 5.41) is 11.2. The molecule has 232 valence electrons. The molecule has 0 aliphatic carbocycles. The third kappa shape index (κ3) is 8.27. The van der Waals surface area contributed by atoms with Gasteiger partial charge in [-0.2, -0.15) is 0 Å². The molecule has 0 saturated heterocycles. The maximum atomic E-state index is 13.6. The quantitative estimate of drug-likeness (QED) is 0.306. The molecule has 0 unspecified atom stereocenters. The fourth-order valence-corrected chi connectivity index (χ4v) is 4.69. The monoisotopic (exact) mass is 604 g/mol. The standard InChI is InChI=1S/C31H36N6O7/c1-18(2)25-29(41)35-23(15-19-9-5-4-6-10-19)30-36-24(17-44-30)26(38)32-14-8-7-11-22(28(40)37-25)34-27(39)21-13-12-20(16-33-21)31(42)43-3/h4-6,9-10,12-13,16-18,22-23,25H,7-8,11,14-15H2,1-3H3,(H,32,38)(H,34,39)(H,35,41)(H,37,40)/t22-,23+,25-/m0/s1. The second-order valence-corrected chi connectivity index (χ2v) is 10.8. The molecule has 0 radical (unpaired) electrons. The van der Waals surface area contributed by atoms with Crippen molar-refractivity contribution >= 4 is 29.6 Å². The number of aromatic nitrogens is 2. The molecule has 13 heteroatoms. The lowest BCUT2D eigenvalue weighted by Crippen LogP contribution is -2.56. The van der Waals surface area contributed by atoms with Crippen LogP contribution in [0.3, 0.4) is 0 Å². The second-order valence-electron chi connectivity index (χ2n) is 10.8. The van der Waals surface area contributed by atoms with E-state index in [1.54, 1.807) is 13.8 Å². The molecular formula is C31H36N6O7. The van der Waals surface area contributed by atoms with E-state index in [0.29, 0.717) is 25.8 Å². The minimum Gasteiger partial charge on any atom is -0.465 e. The van der Waals surface area contributed by atoms with Crippen LogP contribution in [-0.4, -0.2) is 65.3 Å². The number of benzene rings is 1. The lowest BCUT2D eigenvalue weighted by atomic mass is 10.00. The Bertz CT molecular complexity index is 1470. The number of nitrogens with zero attached hydrogens (tertiary/aromatic N) is 2. The van der Waals surface area contributed by atoms with Crippen LogP contribution < -0.4 is 21.3 Å². The van der Waals surface area contributed by atoms with Crippen LogP contribution >= 0.6 is 0 Å². The molecule has 4 amide bonds. The van der Waals surface area contributed by atoms with Gasteiger partial charge in [-0.15, -0.1) is 0 Å². The van der Waals surface area contributed by atoms with Crippen molar-refractivity contribution in [1.82, 2.24) is 31.2 Å². The average Bonchev–Trinajstić information content (AvgIpc) is 3.52. The molecule has 13 nitrogen and oxygen atoms in total. The van der Waals surface area contributed by atoms with Gasteiger partial charge in [-0.25, -0.2) is 9.78 Å². The lowest BCUT2D eigenvalue weighted by molar-refractivity contribution is -0.131. The normalized spacial score (nSPS) is 19.8. The zero-order chi connectivity index (χ0) is 31.6. The molecule has 0 saturated carbocycles. The number of hydrogen-bond acceptors (Lipinski definition) is 9. The second kappa shape index (κ2) is 14.9. The lowest BCUT2D eigenvalue weighted by Gasteiger charge is -2.27. The number of rotatable bonds is 6. The van der Waals surface area contributed by atoms with Crippen LogP contribution in [-0.2, 0) is 20.7 Å². The Morgan fingerprint density at radius 2 is 1.82 bits per heavy atom. The van der Waals surface area contributed by atoms with Gasteiger partial charge in [-0.05, 0) is 42.9 Å². The topological polar surface area (TPSA) is 182 Å². The van der Waals surface area contributed by atoms with Gasteiger partial charge in [0.15, 0.2) is 5.69 Å². The fourth-order valence-electron chi connectivity index (χ4n) is 4.69. The number of methoxy groups -OCH3 is 1. The summed E-state index contributed by atoms with van der Waals surface area (Å²) in [6, 6.07) is 9.48. The van der Waals surface area contributed by atoms with Crippen LogP contribution in [0, 0.1) is 5.92 Å². The third-order valence-corrected chi connectivity index (χ3v) is 7.14. The molecule has 3 atom stereocenters. The van der Waals surface area contributed by atoms with Crippen molar-refractivity contribution in [1.29, 1.82) is 0 Å². The van der Waals surface area contributed by atoms with E-state index in [4.69, 9.17) is 4.42 Å². The van der Waals surface area contributed by atoms with Crippen molar-refractivity contribution in [3.05, 3.63) is 83.3 Å². The molecule has 3 aromatic rings. The van der Waals surface area contributed by atoms with Crippen LogP contribution in [0.15, 0.2) is 59.3 Å². The summed E-state index contributed by atoms with van der Waals surface area (Å²) in [7, 11) is 1.24. The van der Waals surface area contributed by atoms with E-state index in [9.17, 15) is 24.0 Å². The molecule has 2 bridgehead atoms. The zero-order valence-electron chi connectivity index (χ0n) is 24.8. The van der Waals surface area contributed by atoms with Crippen molar-refractivity contribution < 1.29 is 33.1 Å². The Morgan fingerprint density at radius 1 is 1.05 bits per heavy atom. The van der Waals surface area contributed by atoms with Gasteiger partial charge in [0.05, 0.1) is 12.7 Å². The summed E-state index contributed by atoms with van der Waals surface area (Å²) in [5.74, 6) is -2.84. The molecule has 3 heterocycles. The van der Waals surface area contributed by atoms with E-state index in [0.717, 1.165) is 5.56 Å². The molecule has 2 aromatic heterocycles. The predicted molar refractivity (Wildman–Crippen MR) is 157 cm³/mol. The summed E-state index contributed by atoms with van der Waals surface area (Å²) in [6.45, 7) is 3.89. The van der Waals surface area contributed by atoms with E-state index in [1.165, 1.54) is 31.7 Å². The Labute approximate surface area is 254 Å². The van der Waals surface area contributed by atoms with Gasteiger partial charge in [-0.3, -0.25) is 24.2 Å². The molecule has 4 N–H and O–H groups in total. The maximum absolute atomic E-state index is 13.6. The smallest absolute Gasteiger partial charge is 0.339 e. The van der Waals surface area contributed by atoms with E-state index >= 15 is 0 Å². The Balaban J connectivity index is 1.57. The molecule has 1 aliphatic rings. The summed E-state index contributed by atoms with van der Waals surface area (Å²) in [6.07, 6.45) is 4.00. The highest BCUT2D eigenvalue weighted by Gasteiger charge is 2.32. The number of hydrogen-bond donors (Lipinski definition) is 4. The fraction of sp³-hybridized carbons (Fsp3) is 0.387. The van der Waals surface area contributed by atoms with Crippen molar-refractivity contribution in [2.45, 2.75) is 57.7 Å². The van der Waals surface area contributed by atoms with Crippen LogP contribution in [0.25, 0.3) is 0 Å². The molecule has 1 aliphatic heterocycles. The largest absolute Gasteiger partial charge is 0.465 e. The molecule has 1 aromatic carbocycles. The number of fused-ring (bicyclic) bond motifs is 2. The molecule has 0 fully saturated rings. The van der Waals surface area contributed by atoms with Crippen molar-refractivity contribution in [3.63, 3.8) is 0 Å². The highest BCUT2D eigenvalue weighted by atomic mass is 16.5. The highest BCUT2D eigenvalue weighted by Crippen LogP contribution is 2.20. The average molecular weight is 605 g/mol. The van der Waals surface area contributed by atoms with Crippen LogP contribution in [0.4, 0.5) is 0 Å². The van der Waals surface area contributed by atoms with E-state index in [2.05, 4.69) is 36.0 Å². The molecular weight excluding hydrogens is 568 g/mol. The highest BCUT2D eigenvalue weighted by molar-refractivity contribution is 5.98. The minimum atomic E-state index is -1.01. The first-order valence-corrected chi connectivity index (χ1v) is 14.4. The molecule has 0 spiro atoms. The number of carbonyl (C=O) groups is 5. The van der Waals surface area contributed by atoms with Gasteiger partial charge in [0.25, 0.3) is 11.8 Å². The van der Waals surface area contributed by atoms with Crippen LogP contribution in [0.1, 0.15) is 81.9 Å². The Morgan fingerprint density at radius 3 is 2.50 bits per heavy atom. The first kappa shape index (κ1) is 31.9. The van der Waals surface area contributed by atoms with Crippen LogP contribution in [0.2, 0.25) is 0 Å². The Kier molecular flexibility index (Phi) is 10.8. The van der Waals surface area contributed by atoms with E-state index in [1.807, 2.05) is 30.3 Å². The van der Waals surface area contributed by atoms with Gasteiger partial charge in [-0.1, -0.05) is 44.2 Å². The molecule has 44 heavy (non-hydrogen) atoms. The molecule has 4 rings (SSSR count). The zero-order valence-corrected chi connectivity index (χ0v) is 24.8. The summed E-state index contributed by atoms with van der Waals surface area (Å²) >= 11 is 0. The van der Waals surface area contributed by atoms with Crippen molar-refractivity contribution in [2.24, 2.45) is 5.92 Å². The number of oxazole rings is 1. The first-order valence-electron chi connectivity index (χ1n) is 14.4. The number of ether oxygens (including phenoxy) is 1. The summed E-state index contributed by atoms with van der Waals surface area (Å²) < 4.78 is 10.3. The van der Waals surface area contributed by atoms with Gasteiger partial charge in [0.2, 0.25) is 17.7 Å². The van der Waals surface area contributed by atoms with Crippen LogP contribution in [0.5, 0.6) is 0 Å². The van der Waals surface area contributed by atoms with Gasteiger partial charge in [0.1, 0.15) is 30.1 Å². The summed E-state index contributed by atoms with van der Waals surface area (Å²) in [4.78, 5) is 73.1. The SMILES string of the molecule is COC(=O)c1ccc(C(=O)N[C@H]2CCCCNC(=O)c3coc(n3)[C@@H](Cc3ccccc3)NC(=O)[C@H](C(C)C)NC2=O)nc1. The predicted octanol–water partition coefficient (Wildman–Crippen LogP) is 2.11. The van der Waals surface area contributed by atoms with Gasteiger partial charge in [0, 0.05) is 19.2 Å². The maximum Gasteiger partial charge on any atom is 0.339 e. The van der Waals surface area contributed by atoms with E-state index < -0.39 is 47.7 Å². The number of esters is 1. The third-order valence-electron chi connectivity index (χ3n) is 7.14. The minimum absolute atomic E-state index is 0.00344. The van der Waals surface area contributed by atoms with Crippen molar-refractivity contribution in [2.75, 3.05) is 13.7 Å². The van der Waals surface area contributed by atoms with Gasteiger partial charge >= 0.3 is 5.97 Å². The number of pyridine rings is 1. The van der Waals surface area contributed by atoms with E-state index in [-0.39, 0.29) is 35.2 Å². The number of nitrogens with one attached hydrogen (secondary N) is 4. The van der Waals surface area contributed by atoms with Gasteiger partial charge < -0.3 is 30.4 Å². The first-order chi connectivity index (χ1) is 21.2. The number of carbonyl (C=O) groups excluding carboxylic acids is 5.